The molecule has 4 rings (SSSR count). The van der Waals surface area contributed by atoms with Gasteiger partial charge in [0.2, 0.25) is 10.0 Å². The zero-order valence-corrected chi connectivity index (χ0v) is 22.9. The highest BCUT2D eigenvalue weighted by atomic mass is 35.5. The molecule has 37 heavy (non-hydrogen) atoms. The van der Waals surface area contributed by atoms with Gasteiger partial charge in [0.1, 0.15) is 22.4 Å². The zero-order chi connectivity index (χ0) is 26.7. The van der Waals surface area contributed by atoms with E-state index in [4.69, 9.17) is 37.4 Å². The summed E-state index contributed by atoms with van der Waals surface area (Å²) in [4.78, 5) is 26.6. The van der Waals surface area contributed by atoms with E-state index in [-0.39, 0.29) is 37.8 Å². The Hall–Kier alpha value is -2.53. The zero-order valence-electron chi connectivity index (χ0n) is 20.5. The summed E-state index contributed by atoms with van der Waals surface area (Å²) in [6.45, 7) is 1.29. The van der Waals surface area contributed by atoms with Gasteiger partial charge in [-0.1, -0.05) is 29.6 Å². The van der Waals surface area contributed by atoms with Crippen LogP contribution in [0.1, 0.15) is 42.5 Å². The number of esters is 1. The molecule has 0 aliphatic carbocycles. The van der Waals surface area contributed by atoms with E-state index in [0.717, 1.165) is 19.3 Å². The van der Waals surface area contributed by atoms with Crippen LogP contribution in [0, 0.1) is 0 Å². The minimum Gasteiger partial charge on any atom is -0.495 e. The fraction of sp³-hybridized carbons (Fsp3) is 0.440. The van der Waals surface area contributed by atoms with E-state index < -0.39 is 27.9 Å². The Balaban J connectivity index is 1.61. The van der Waals surface area contributed by atoms with Gasteiger partial charge in [-0.3, -0.25) is 4.79 Å². The number of sulfonamides is 1. The number of rotatable bonds is 7. The molecule has 2 saturated heterocycles. The van der Waals surface area contributed by atoms with E-state index in [9.17, 15) is 18.0 Å². The molecule has 200 valence electrons. The molecule has 2 heterocycles. The monoisotopic (exact) mass is 570 g/mol. The standard InChI is InChI=1S/C25H28Cl2N2O7S/c1-34-21-9-8-17(15-22(21)37(32,33)28-10-4-3-5-11-28)36-23-18(26)13-16(14-19(23)27)24(30)29-12-6-7-20(29)25(31)35-2/h8-9,13-15,20H,3-7,10-12H2,1-2H3/t20-/m1/s1. The molecule has 2 aromatic carbocycles. The largest absolute Gasteiger partial charge is 0.495 e. The Morgan fingerprint density at radius 2 is 1.62 bits per heavy atom. The van der Waals surface area contributed by atoms with Crippen molar-refractivity contribution in [1.29, 1.82) is 0 Å². The topological polar surface area (TPSA) is 102 Å². The number of likely N-dealkylation sites (tertiary alicyclic amines) is 1. The van der Waals surface area contributed by atoms with Gasteiger partial charge < -0.3 is 19.1 Å². The number of methoxy groups -OCH3 is 2. The first-order valence-electron chi connectivity index (χ1n) is 11.9. The van der Waals surface area contributed by atoms with Gasteiger partial charge in [-0.15, -0.1) is 0 Å². The number of hydrogen-bond donors (Lipinski definition) is 0. The molecule has 12 heteroatoms. The van der Waals surface area contributed by atoms with Crippen LogP contribution in [0.15, 0.2) is 35.2 Å². The number of hydrogen-bond acceptors (Lipinski definition) is 7. The number of ether oxygens (including phenoxy) is 3. The minimum absolute atomic E-state index is 0.0173. The van der Waals surface area contributed by atoms with Gasteiger partial charge in [0, 0.05) is 31.3 Å². The van der Waals surface area contributed by atoms with Gasteiger partial charge >= 0.3 is 5.97 Å². The molecular weight excluding hydrogens is 543 g/mol. The number of benzene rings is 2. The van der Waals surface area contributed by atoms with Crippen molar-refractivity contribution in [3.8, 4) is 17.2 Å². The van der Waals surface area contributed by atoms with Crippen molar-refractivity contribution in [3.05, 3.63) is 45.9 Å². The van der Waals surface area contributed by atoms with E-state index >= 15 is 0 Å². The lowest BCUT2D eigenvalue weighted by Crippen LogP contribution is -2.41. The first-order chi connectivity index (χ1) is 17.7. The maximum atomic E-state index is 13.3. The Labute approximate surface area is 226 Å². The molecule has 0 radical (unpaired) electrons. The summed E-state index contributed by atoms with van der Waals surface area (Å²) in [5.74, 6) is -0.427. The highest BCUT2D eigenvalue weighted by Crippen LogP contribution is 2.40. The maximum Gasteiger partial charge on any atom is 0.328 e. The van der Waals surface area contributed by atoms with Crippen LogP contribution in [0.25, 0.3) is 0 Å². The number of carbonyl (C=O) groups excluding carboxylic acids is 2. The Morgan fingerprint density at radius 3 is 2.24 bits per heavy atom. The number of carbonyl (C=O) groups is 2. The summed E-state index contributed by atoms with van der Waals surface area (Å²) in [5.41, 5.74) is 0.196. The number of piperidine rings is 1. The van der Waals surface area contributed by atoms with E-state index in [1.165, 1.54) is 47.7 Å². The predicted molar refractivity (Wildman–Crippen MR) is 138 cm³/mol. The third-order valence-electron chi connectivity index (χ3n) is 6.52. The highest BCUT2D eigenvalue weighted by molar-refractivity contribution is 7.89. The van der Waals surface area contributed by atoms with Crippen LogP contribution >= 0.6 is 23.2 Å². The lowest BCUT2D eigenvalue weighted by Gasteiger charge is -2.26. The van der Waals surface area contributed by atoms with Crippen LogP contribution in [0.3, 0.4) is 0 Å². The molecule has 1 amide bonds. The third kappa shape index (κ3) is 5.67. The fourth-order valence-corrected chi connectivity index (χ4v) is 6.87. The Kier molecular flexibility index (Phi) is 8.52. The van der Waals surface area contributed by atoms with Crippen molar-refractivity contribution in [2.75, 3.05) is 33.9 Å². The van der Waals surface area contributed by atoms with Crippen LogP contribution < -0.4 is 9.47 Å². The van der Waals surface area contributed by atoms with E-state index in [2.05, 4.69) is 0 Å². The molecule has 0 unspecified atom stereocenters. The second-order valence-corrected chi connectivity index (χ2v) is 11.5. The maximum absolute atomic E-state index is 13.3. The molecule has 2 aliphatic rings. The van der Waals surface area contributed by atoms with Gasteiger partial charge in [0.25, 0.3) is 5.91 Å². The smallest absolute Gasteiger partial charge is 0.328 e. The number of amides is 1. The minimum atomic E-state index is -3.81. The fourth-order valence-electron chi connectivity index (χ4n) is 4.62. The van der Waals surface area contributed by atoms with E-state index in [1.54, 1.807) is 6.07 Å². The summed E-state index contributed by atoms with van der Waals surface area (Å²) in [6.07, 6.45) is 3.77. The second kappa shape index (κ2) is 11.5. The number of nitrogens with zero attached hydrogens (tertiary/aromatic N) is 2. The predicted octanol–water partition coefficient (Wildman–Crippen LogP) is 4.75. The lowest BCUT2D eigenvalue weighted by molar-refractivity contribution is -0.145. The van der Waals surface area contributed by atoms with E-state index in [1.807, 2.05) is 0 Å². The summed E-state index contributed by atoms with van der Waals surface area (Å²) >= 11 is 12.9. The molecule has 2 aliphatic heterocycles. The van der Waals surface area contributed by atoms with Crippen molar-refractivity contribution >= 4 is 45.1 Å². The summed E-state index contributed by atoms with van der Waals surface area (Å²) in [6, 6.07) is 6.58. The van der Waals surface area contributed by atoms with Gasteiger partial charge in [0.05, 0.1) is 24.3 Å². The van der Waals surface area contributed by atoms with Crippen LogP contribution in [-0.4, -0.2) is 69.4 Å². The first-order valence-corrected chi connectivity index (χ1v) is 14.1. The van der Waals surface area contributed by atoms with Gasteiger partial charge in [-0.05, 0) is 49.9 Å². The molecule has 2 fully saturated rings. The van der Waals surface area contributed by atoms with Gasteiger partial charge in [-0.25, -0.2) is 13.2 Å². The molecule has 2 aromatic rings. The quantitative estimate of drug-likeness (QED) is 0.442. The van der Waals surface area contributed by atoms with Crippen molar-refractivity contribution in [1.82, 2.24) is 9.21 Å². The van der Waals surface area contributed by atoms with Crippen molar-refractivity contribution < 1.29 is 32.2 Å². The van der Waals surface area contributed by atoms with Crippen molar-refractivity contribution in [2.24, 2.45) is 0 Å². The average Bonchev–Trinajstić information content (AvgIpc) is 3.40. The van der Waals surface area contributed by atoms with Gasteiger partial charge in [0.15, 0.2) is 5.75 Å². The average molecular weight is 571 g/mol. The summed E-state index contributed by atoms with van der Waals surface area (Å²) in [5, 5.41) is 0.113. The molecule has 9 nitrogen and oxygen atoms in total. The molecular formula is C25H28Cl2N2O7S. The first kappa shape index (κ1) is 27.5. The van der Waals surface area contributed by atoms with Crippen LogP contribution in [0.4, 0.5) is 0 Å². The lowest BCUT2D eigenvalue weighted by atomic mass is 10.1. The molecule has 0 saturated carbocycles. The molecule has 0 aromatic heterocycles. The van der Waals surface area contributed by atoms with Crippen molar-refractivity contribution in [2.45, 2.75) is 43.0 Å². The third-order valence-corrected chi connectivity index (χ3v) is 9.00. The Morgan fingerprint density at radius 1 is 0.946 bits per heavy atom. The van der Waals surface area contributed by atoms with Crippen LogP contribution in [0.2, 0.25) is 10.0 Å². The summed E-state index contributed by atoms with van der Waals surface area (Å²) < 4.78 is 44.1. The Bertz CT molecular complexity index is 1270. The van der Waals surface area contributed by atoms with Crippen LogP contribution in [0.5, 0.6) is 17.2 Å². The summed E-state index contributed by atoms with van der Waals surface area (Å²) in [7, 11) is -1.12. The normalized spacial score (nSPS) is 18.5. The van der Waals surface area contributed by atoms with Crippen LogP contribution in [-0.2, 0) is 19.6 Å². The highest BCUT2D eigenvalue weighted by Gasteiger charge is 2.36. The molecule has 0 N–H and O–H groups in total. The molecule has 0 spiro atoms. The second-order valence-electron chi connectivity index (χ2n) is 8.83. The molecule has 0 bridgehead atoms. The van der Waals surface area contributed by atoms with E-state index in [0.29, 0.717) is 32.5 Å². The molecule has 1 atom stereocenters. The van der Waals surface area contributed by atoms with Crippen molar-refractivity contribution in [3.63, 3.8) is 0 Å². The SMILES string of the molecule is COC(=O)[C@H]1CCCN1C(=O)c1cc(Cl)c(Oc2ccc(OC)c(S(=O)(=O)N3CCCCC3)c2)c(Cl)c1. The van der Waals surface area contributed by atoms with Gasteiger partial charge in [-0.2, -0.15) is 4.31 Å². The number of halogens is 2.